The molecule has 0 atom stereocenters. The van der Waals surface area contributed by atoms with Crippen molar-refractivity contribution in [3.63, 3.8) is 0 Å². The summed E-state index contributed by atoms with van der Waals surface area (Å²) >= 11 is 0. The number of hydrazone groups is 1. The number of nitrogens with one attached hydrogen (secondary N) is 1. The number of ether oxygens (including phenoxy) is 1. The van der Waals surface area contributed by atoms with E-state index < -0.39 is 0 Å². The minimum Gasteiger partial charge on any atom is -0.491 e. The van der Waals surface area contributed by atoms with Gasteiger partial charge in [-0.15, -0.1) is 0 Å². The first-order valence-electron chi connectivity index (χ1n) is 7.76. The largest absolute Gasteiger partial charge is 0.491 e. The second kappa shape index (κ2) is 6.97. The average Bonchev–Trinajstić information content (AvgIpc) is 2.56. The first kappa shape index (κ1) is 15.1. The zero-order chi connectivity index (χ0) is 16.1. The Hall–Kier alpha value is -2.81. The second-order valence-electron chi connectivity index (χ2n) is 5.63. The molecule has 0 unspecified atom stereocenters. The highest BCUT2D eigenvalue weighted by Crippen LogP contribution is 2.22. The van der Waals surface area contributed by atoms with Gasteiger partial charge in [-0.3, -0.25) is 5.43 Å². The van der Waals surface area contributed by atoms with Crippen molar-refractivity contribution >= 4 is 22.7 Å². The van der Waals surface area contributed by atoms with E-state index in [0.717, 1.165) is 22.4 Å². The van der Waals surface area contributed by atoms with Gasteiger partial charge in [0.2, 0.25) is 0 Å². The highest BCUT2D eigenvalue weighted by molar-refractivity contribution is 5.94. The molecule has 0 bridgehead atoms. The Kier molecular flexibility index (Phi) is 4.57. The third kappa shape index (κ3) is 3.89. The number of hydrogen-bond donors (Lipinski definition) is 1. The Morgan fingerprint density at radius 1 is 0.913 bits per heavy atom. The van der Waals surface area contributed by atoms with Gasteiger partial charge in [0, 0.05) is 5.39 Å². The van der Waals surface area contributed by atoms with Crippen LogP contribution in [0.3, 0.4) is 0 Å². The molecule has 0 saturated carbocycles. The molecule has 116 valence electrons. The topological polar surface area (TPSA) is 33.6 Å². The zero-order valence-corrected chi connectivity index (χ0v) is 13.4. The lowest BCUT2D eigenvalue weighted by Crippen LogP contribution is -2.05. The van der Waals surface area contributed by atoms with Gasteiger partial charge >= 0.3 is 0 Å². The van der Waals surface area contributed by atoms with Crippen LogP contribution in [-0.4, -0.2) is 12.3 Å². The molecule has 0 aromatic heterocycles. The van der Waals surface area contributed by atoms with Crippen LogP contribution in [-0.2, 0) is 0 Å². The molecule has 0 fully saturated rings. The molecule has 3 heteroatoms. The van der Waals surface area contributed by atoms with Gasteiger partial charge in [-0.2, -0.15) is 5.10 Å². The summed E-state index contributed by atoms with van der Waals surface area (Å²) in [7, 11) is 0. The fourth-order valence-electron chi connectivity index (χ4n) is 2.40. The molecule has 0 amide bonds. The van der Waals surface area contributed by atoms with E-state index in [0.29, 0.717) is 0 Å². The fourth-order valence-corrected chi connectivity index (χ4v) is 2.40. The van der Waals surface area contributed by atoms with Gasteiger partial charge in [-0.25, -0.2) is 0 Å². The molecule has 0 heterocycles. The van der Waals surface area contributed by atoms with Gasteiger partial charge in [0.1, 0.15) is 5.75 Å². The van der Waals surface area contributed by atoms with Crippen LogP contribution in [0.15, 0.2) is 71.8 Å². The molecule has 3 nitrogen and oxygen atoms in total. The number of nitrogens with zero attached hydrogens (tertiary/aromatic N) is 1. The highest BCUT2D eigenvalue weighted by Gasteiger charge is 1.99. The zero-order valence-electron chi connectivity index (χ0n) is 13.4. The fraction of sp³-hybridized carbons (Fsp3) is 0.150. The van der Waals surface area contributed by atoms with Crippen molar-refractivity contribution in [2.24, 2.45) is 5.10 Å². The van der Waals surface area contributed by atoms with E-state index >= 15 is 0 Å². The van der Waals surface area contributed by atoms with Crippen LogP contribution >= 0.6 is 0 Å². The number of hydrogen-bond acceptors (Lipinski definition) is 3. The molecule has 0 aliphatic heterocycles. The minimum absolute atomic E-state index is 0.183. The van der Waals surface area contributed by atoms with Crippen LogP contribution in [0.2, 0.25) is 0 Å². The second-order valence-corrected chi connectivity index (χ2v) is 5.63. The normalized spacial score (nSPS) is 11.3. The SMILES string of the molecule is CC(C)Oc1ccc(/C=N/Nc2cccc3ccccc23)cc1. The van der Waals surface area contributed by atoms with E-state index in [1.165, 1.54) is 5.39 Å². The third-order valence-corrected chi connectivity index (χ3v) is 3.44. The van der Waals surface area contributed by atoms with Crippen LogP contribution < -0.4 is 10.2 Å². The van der Waals surface area contributed by atoms with Gasteiger partial charge in [0.15, 0.2) is 0 Å². The summed E-state index contributed by atoms with van der Waals surface area (Å²) in [5, 5.41) is 6.69. The van der Waals surface area contributed by atoms with Crippen molar-refractivity contribution in [3.05, 3.63) is 72.3 Å². The van der Waals surface area contributed by atoms with E-state index in [-0.39, 0.29) is 6.10 Å². The predicted octanol–water partition coefficient (Wildman–Crippen LogP) is 5.07. The molecule has 3 aromatic rings. The van der Waals surface area contributed by atoms with E-state index in [2.05, 4.69) is 28.7 Å². The average molecular weight is 304 g/mol. The number of anilines is 1. The van der Waals surface area contributed by atoms with Crippen molar-refractivity contribution in [1.82, 2.24) is 0 Å². The van der Waals surface area contributed by atoms with Crippen molar-refractivity contribution in [2.45, 2.75) is 20.0 Å². The summed E-state index contributed by atoms with van der Waals surface area (Å²) in [5.74, 6) is 0.874. The van der Waals surface area contributed by atoms with E-state index in [4.69, 9.17) is 4.74 Å². The molecule has 0 aliphatic carbocycles. The van der Waals surface area contributed by atoms with Crippen molar-refractivity contribution in [2.75, 3.05) is 5.43 Å². The van der Waals surface area contributed by atoms with Crippen LogP contribution in [0.1, 0.15) is 19.4 Å². The Morgan fingerprint density at radius 2 is 1.65 bits per heavy atom. The lowest BCUT2D eigenvalue weighted by atomic mass is 10.1. The van der Waals surface area contributed by atoms with E-state index in [1.54, 1.807) is 6.21 Å². The molecule has 0 aliphatic rings. The standard InChI is InChI=1S/C20H20N2O/c1-15(2)23-18-12-10-16(11-13-18)14-21-22-20-9-5-7-17-6-3-4-8-19(17)20/h3-15,22H,1-2H3/b21-14+. The summed E-state index contributed by atoms with van der Waals surface area (Å²) in [4.78, 5) is 0. The molecular formula is C20H20N2O. The van der Waals surface area contributed by atoms with E-state index in [1.807, 2.05) is 62.4 Å². The van der Waals surface area contributed by atoms with Crippen LogP contribution in [0.5, 0.6) is 5.75 Å². The van der Waals surface area contributed by atoms with Gasteiger partial charge in [-0.05, 0) is 55.1 Å². The molecule has 3 rings (SSSR count). The lowest BCUT2D eigenvalue weighted by molar-refractivity contribution is 0.242. The Bertz CT molecular complexity index is 802. The highest BCUT2D eigenvalue weighted by atomic mass is 16.5. The van der Waals surface area contributed by atoms with Gasteiger partial charge in [0.05, 0.1) is 18.0 Å². The molecule has 0 radical (unpaired) electrons. The maximum Gasteiger partial charge on any atom is 0.119 e. The number of benzene rings is 3. The Labute approximate surface area is 136 Å². The summed E-state index contributed by atoms with van der Waals surface area (Å²) in [6, 6.07) is 22.3. The van der Waals surface area contributed by atoms with Crippen LogP contribution in [0, 0.1) is 0 Å². The minimum atomic E-state index is 0.183. The maximum absolute atomic E-state index is 5.63. The lowest BCUT2D eigenvalue weighted by Gasteiger charge is -2.09. The molecule has 0 spiro atoms. The Balaban J connectivity index is 1.71. The number of fused-ring (bicyclic) bond motifs is 1. The van der Waals surface area contributed by atoms with Crippen LogP contribution in [0.25, 0.3) is 10.8 Å². The van der Waals surface area contributed by atoms with Crippen molar-refractivity contribution in [3.8, 4) is 5.75 Å². The summed E-state index contributed by atoms with van der Waals surface area (Å²) in [6.07, 6.45) is 1.99. The van der Waals surface area contributed by atoms with Crippen molar-refractivity contribution < 1.29 is 4.74 Å². The molecule has 3 aromatic carbocycles. The van der Waals surface area contributed by atoms with Crippen molar-refractivity contribution in [1.29, 1.82) is 0 Å². The maximum atomic E-state index is 5.63. The summed E-state index contributed by atoms with van der Waals surface area (Å²) in [6.45, 7) is 4.03. The predicted molar refractivity (Wildman–Crippen MR) is 97.4 cm³/mol. The molecule has 23 heavy (non-hydrogen) atoms. The third-order valence-electron chi connectivity index (χ3n) is 3.44. The Morgan fingerprint density at radius 3 is 2.43 bits per heavy atom. The molecule has 0 saturated heterocycles. The molecular weight excluding hydrogens is 284 g/mol. The summed E-state index contributed by atoms with van der Waals surface area (Å²) in [5.41, 5.74) is 5.14. The number of rotatable bonds is 5. The summed E-state index contributed by atoms with van der Waals surface area (Å²) < 4.78 is 5.63. The van der Waals surface area contributed by atoms with E-state index in [9.17, 15) is 0 Å². The molecule has 1 N–H and O–H groups in total. The monoisotopic (exact) mass is 304 g/mol. The van der Waals surface area contributed by atoms with Gasteiger partial charge in [-0.1, -0.05) is 36.4 Å². The smallest absolute Gasteiger partial charge is 0.119 e. The van der Waals surface area contributed by atoms with Crippen LogP contribution in [0.4, 0.5) is 5.69 Å². The first-order valence-corrected chi connectivity index (χ1v) is 7.76. The van der Waals surface area contributed by atoms with Gasteiger partial charge < -0.3 is 4.74 Å². The van der Waals surface area contributed by atoms with Gasteiger partial charge in [0.25, 0.3) is 0 Å². The first-order chi connectivity index (χ1) is 11.2. The quantitative estimate of drug-likeness (QED) is 0.527.